The summed E-state index contributed by atoms with van der Waals surface area (Å²) in [6, 6.07) is 9.16. The van der Waals surface area contributed by atoms with E-state index in [1.165, 1.54) is 6.07 Å². The third-order valence-corrected chi connectivity index (χ3v) is 7.17. The van der Waals surface area contributed by atoms with Gasteiger partial charge in [-0.15, -0.1) is 0 Å². The number of methoxy groups -OCH3 is 1. The lowest BCUT2D eigenvalue weighted by atomic mass is 9.97. The molecule has 2 aromatic heterocycles. The van der Waals surface area contributed by atoms with E-state index in [0.717, 1.165) is 40.6 Å². The molecular weight excluding hydrogens is 648 g/mol. The van der Waals surface area contributed by atoms with E-state index in [1.54, 1.807) is 45.5 Å². The van der Waals surface area contributed by atoms with E-state index in [0.29, 0.717) is 23.6 Å². The monoisotopic (exact) mass is 678 g/mol. The Morgan fingerprint density at radius 1 is 1.21 bits per heavy atom. The molecule has 0 radical (unpaired) electrons. The van der Waals surface area contributed by atoms with Gasteiger partial charge < -0.3 is 14.8 Å². The van der Waals surface area contributed by atoms with Crippen LogP contribution in [0.5, 0.6) is 11.5 Å². The number of rotatable bonds is 11. The number of carbonyl (C=O) groups excluding carboxylic acids is 1. The van der Waals surface area contributed by atoms with Gasteiger partial charge in [0.1, 0.15) is 34.1 Å². The van der Waals surface area contributed by atoms with Gasteiger partial charge >= 0.3 is 5.69 Å². The van der Waals surface area contributed by atoms with E-state index >= 15 is 0 Å². The fraction of sp³-hybridized carbons (Fsp3) is 0.300. The predicted molar refractivity (Wildman–Crippen MR) is 166 cm³/mol. The summed E-state index contributed by atoms with van der Waals surface area (Å²) in [5.74, 6) is 4.20. The Morgan fingerprint density at radius 3 is 2.56 bits per heavy atom. The van der Waals surface area contributed by atoms with Crippen LogP contribution in [0.4, 0.5) is 14.5 Å². The van der Waals surface area contributed by atoms with Crippen LogP contribution in [0.25, 0.3) is 22.2 Å². The Kier molecular flexibility index (Phi) is 12.3. The summed E-state index contributed by atoms with van der Waals surface area (Å²) in [6.45, 7) is 4.54. The minimum atomic E-state index is -0.978. The molecule has 0 bridgehead atoms. The minimum absolute atomic E-state index is 0.0129. The van der Waals surface area contributed by atoms with Crippen LogP contribution in [0, 0.1) is 16.5 Å². The number of hydrogen-bond acceptors (Lipinski definition) is 7. The first-order chi connectivity index (χ1) is 20.6. The average molecular weight is 680 g/mol. The highest BCUT2D eigenvalue weighted by Crippen LogP contribution is 2.41. The van der Waals surface area contributed by atoms with Gasteiger partial charge in [0.2, 0.25) is 5.75 Å². The van der Waals surface area contributed by atoms with Crippen LogP contribution < -0.4 is 20.6 Å². The number of aromatic nitrogens is 2. The molecule has 0 amide bonds. The van der Waals surface area contributed by atoms with Crippen molar-refractivity contribution >= 4 is 50.4 Å². The molecule has 1 atom stereocenters. The number of hydrazine groups is 1. The molecular formula is C30H32BrClF2N5O4+. The lowest BCUT2D eigenvalue weighted by molar-refractivity contribution is -0.475. The number of hydrogen-bond donors (Lipinski definition) is 2. The fourth-order valence-corrected chi connectivity index (χ4v) is 4.99. The SMILES string of the molecule is CCCC(CNC)c1cc([N+](N)=O)c(OCC)c(-c2ccc(F)c(Cl)c2F)n1.COc1cc(C=O)cc2cc(Br)cnc12. The first-order valence-electron chi connectivity index (χ1n) is 13.4. The van der Waals surface area contributed by atoms with E-state index in [1.807, 2.05) is 13.0 Å². The summed E-state index contributed by atoms with van der Waals surface area (Å²) >= 11 is 9.07. The Morgan fingerprint density at radius 2 is 1.95 bits per heavy atom. The quantitative estimate of drug-likeness (QED) is 0.0558. The van der Waals surface area contributed by atoms with Gasteiger partial charge in [-0.1, -0.05) is 24.9 Å². The van der Waals surface area contributed by atoms with Gasteiger partial charge in [-0.2, -0.15) is 5.84 Å². The van der Waals surface area contributed by atoms with Crippen molar-refractivity contribution in [3.8, 4) is 22.8 Å². The van der Waals surface area contributed by atoms with E-state index in [4.69, 9.17) is 26.9 Å². The van der Waals surface area contributed by atoms with Gasteiger partial charge in [-0.3, -0.25) is 9.78 Å². The molecule has 0 aliphatic carbocycles. The van der Waals surface area contributed by atoms with Crippen LogP contribution in [-0.4, -0.2) is 48.4 Å². The second-order valence-electron chi connectivity index (χ2n) is 9.34. The van der Waals surface area contributed by atoms with Crippen molar-refractivity contribution in [2.75, 3.05) is 27.3 Å². The number of carbonyl (C=O) groups is 1. The van der Waals surface area contributed by atoms with Crippen molar-refractivity contribution in [1.29, 1.82) is 0 Å². The maximum atomic E-state index is 14.7. The number of ether oxygens (including phenoxy) is 2. The number of fused-ring (bicyclic) bond motifs is 1. The van der Waals surface area contributed by atoms with Gasteiger partial charge in [0.25, 0.3) is 0 Å². The van der Waals surface area contributed by atoms with Crippen LogP contribution >= 0.6 is 27.5 Å². The second kappa shape index (κ2) is 15.6. The van der Waals surface area contributed by atoms with E-state index < -0.39 is 16.7 Å². The minimum Gasteiger partial charge on any atom is -0.494 e. The molecule has 2 heterocycles. The first kappa shape index (κ1) is 33.8. The van der Waals surface area contributed by atoms with Crippen LogP contribution in [-0.2, 0) is 0 Å². The number of likely N-dealkylation sites (N-methyl/N-ethyl adjacent to an activating group) is 1. The van der Waals surface area contributed by atoms with Gasteiger partial charge in [0, 0.05) is 45.7 Å². The van der Waals surface area contributed by atoms with E-state index in [2.05, 4.69) is 31.2 Å². The molecule has 0 aliphatic heterocycles. The molecule has 13 heteroatoms. The highest BCUT2D eigenvalue weighted by molar-refractivity contribution is 9.10. The summed E-state index contributed by atoms with van der Waals surface area (Å²) in [6.07, 6.45) is 4.16. The molecule has 0 saturated carbocycles. The van der Waals surface area contributed by atoms with Crippen LogP contribution in [0.15, 0.2) is 47.1 Å². The predicted octanol–water partition coefficient (Wildman–Crippen LogP) is 7.28. The Balaban J connectivity index is 0.000000282. The summed E-state index contributed by atoms with van der Waals surface area (Å²) in [4.78, 5) is 31.7. The van der Waals surface area contributed by atoms with E-state index in [-0.39, 0.29) is 40.1 Å². The molecule has 9 nitrogen and oxygen atoms in total. The molecule has 4 rings (SSSR count). The van der Waals surface area contributed by atoms with Crippen molar-refractivity contribution in [3.05, 3.63) is 79.9 Å². The van der Waals surface area contributed by atoms with Crippen molar-refractivity contribution in [2.45, 2.75) is 32.6 Å². The summed E-state index contributed by atoms with van der Waals surface area (Å²) < 4.78 is 40.0. The highest BCUT2D eigenvalue weighted by Gasteiger charge is 2.30. The number of aldehydes is 1. The Hall–Kier alpha value is -3.74. The number of pyridine rings is 2. The van der Waals surface area contributed by atoms with Crippen LogP contribution in [0.1, 0.15) is 48.7 Å². The van der Waals surface area contributed by atoms with Gasteiger partial charge in [0.15, 0.2) is 10.7 Å². The Labute approximate surface area is 261 Å². The maximum Gasteiger partial charge on any atom is 0.337 e. The van der Waals surface area contributed by atoms with Gasteiger partial charge in [0.05, 0.1) is 24.3 Å². The summed E-state index contributed by atoms with van der Waals surface area (Å²) in [5, 5.41) is 3.32. The molecule has 0 saturated heterocycles. The number of benzene rings is 2. The standard InChI is InChI=1S/C19H24ClF2N4O2.C11H8BrNO2/c1-4-6-11(10-24-3)14-9-15(26(23)27)19(28-5-2)18(25-14)12-7-8-13(21)16(20)17(12)22;1-15-10-3-7(6-14)2-8-4-9(12)5-13-11(8)10/h7-9,11,24H,4-6,10H2,1-3H3,(H2,23,27);2-6H,1H3/q+1;. The van der Waals surface area contributed by atoms with Crippen molar-refractivity contribution in [2.24, 2.45) is 5.84 Å². The maximum absolute atomic E-state index is 14.7. The van der Waals surface area contributed by atoms with Gasteiger partial charge in [-0.05, 0) is 66.7 Å². The molecule has 228 valence electrons. The number of nitrogens with zero attached hydrogens (tertiary/aromatic N) is 3. The Bertz CT molecular complexity index is 1620. The highest BCUT2D eigenvalue weighted by atomic mass is 79.9. The van der Waals surface area contributed by atoms with Crippen molar-refractivity contribution < 1.29 is 27.9 Å². The lowest BCUT2D eigenvalue weighted by Gasteiger charge is -2.18. The first-order valence-corrected chi connectivity index (χ1v) is 14.5. The second-order valence-corrected chi connectivity index (χ2v) is 10.6. The fourth-order valence-electron chi connectivity index (χ4n) is 4.47. The molecule has 0 fully saturated rings. The normalized spacial score (nSPS) is 11.4. The molecule has 3 N–H and O–H groups in total. The molecule has 0 aliphatic rings. The average Bonchev–Trinajstić information content (AvgIpc) is 2.99. The van der Waals surface area contributed by atoms with Crippen molar-refractivity contribution in [1.82, 2.24) is 15.3 Å². The van der Waals surface area contributed by atoms with E-state index in [9.17, 15) is 18.5 Å². The third-order valence-electron chi connectivity index (χ3n) is 6.39. The number of halogens is 4. The zero-order valence-electron chi connectivity index (χ0n) is 24.1. The lowest BCUT2D eigenvalue weighted by Crippen LogP contribution is -2.20. The third kappa shape index (κ3) is 8.01. The molecule has 1 unspecified atom stereocenters. The molecule has 4 aromatic rings. The molecule has 2 aromatic carbocycles. The summed E-state index contributed by atoms with van der Waals surface area (Å²) in [7, 11) is 3.37. The molecule has 43 heavy (non-hydrogen) atoms. The van der Waals surface area contributed by atoms with Gasteiger partial charge in [-0.25, -0.2) is 13.8 Å². The largest absolute Gasteiger partial charge is 0.494 e. The van der Waals surface area contributed by atoms with Crippen LogP contribution in [0.2, 0.25) is 5.02 Å². The topological polar surface area (TPSA) is 119 Å². The molecule has 0 spiro atoms. The van der Waals surface area contributed by atoms with Crippen molar-refractivity contribution in [3.63, 3.8) is 0 Å². The van der Waals surface area contributed by atoms with Crippen LogP contribution in [0.3, 0.4) is 0 Å². The zero-order chi connectivity index (χ0) is 31.7. The number of nitrogens with two attached hydrogens (primary N) is 1. The zero-order valence-corrected chi connectivity index (χ0v) is 26.4. The summed E-state index contributed by atoms with van der Waals surface area (Å²) in [5.41, 5.74) is 1.89. The smallest absolute Gasteiger partial charge is 0.337 e. The number of nitroso groups, excluding NO2 is 1. The number of nitrogens with one attached hydrogen (secondary N) is 1.